The van der Waals surface area contributed by atoms with Crippen LogP contribution >= 0.6 is 15.9 Å². The van der Waals surface area contributed by atoms with Crippen LogP contribution in [-0.2, 0) is 23.9 Å². The van der Waals surface area contributed by atoms with Gasteiger partial charge in [0.15, 0.2) is 0 Å². The minimum absolute atomic E-state index is 0.150. The van der Waals surface area contributed by atoms with Crippen molar-refractivity contribution in [1.82, 2.24) is 4.90 Å². The number of carbonyl (C=O) groups is 3. The molecule has 0 saturated carbocycles. The van der Waals surface area contributed by atoms with Crippen LogP contribution in [0.25, 0.3) is 0 Å². The van der Waals surface area contributed by atoms with E-state index in [4.69, 9.17) is 9.47 Å². The van der Waals surface area contributed by atoms with Crippen LogP contribution in [0.4, 0.5) is 11.4 Å². The third-order valence-electron chi connectivity index (χ3n) is 9.46. The predicted molar refractivity (Wildman–Crippen MR) is 176 cm³/mol. The zero-order valence-corrected chi connectivity index (χ0v) is 28.1. The van der Waals surface area contributed by atoms with E-state index < -0.39 is 41.6 Å². The molecule has 3 aliphatic rings. The number of amides is 2. The molecular formula is C34H48BrN3O6. The molecule has 1 spiro atoms. The predicted octanol–water partition coefficient (Wildman–Crippen LogP) is 4.72. The van der Waals surface area contributed by atoms with Gasteiger partial charge in [0.25, 0.3) is 5.91 Å². The Morgan fingerprint density at radius 2 is 1.82 bits per heavy atom. The molecule has 0 aliphatic carbocycles. The maximum absolute atomic E-state index is 14.8. The van der Waals surface area contributed by atoms with E-state index >= 15 is 0 Å². The first-order valence-corrected chi connectivity index (χ1v) is 16.8. The molecule has 3 unspecified atom stereocenters. The van der Waals surface area contributed by atoms with Gasteiger partial charge >= 0.3 is 5.97 Å². The van der Waals surface area contributed by atoms with Gasteiger partial charge in [-0.05, 0) is 69.7 Å². The first-order chi connectivity index (χ1) is 21.1. The van der Waals surface area contributed by atoms with Crippen LogP contribution in [0, 0.1) is 17.8 Å². The molecule has 0 radical (unpaired) electrons. The van der Waals surface area contributed by atoms with Crippen LogP contribution in [0.2, 0.25) is 0 Å². The molecule has 7 atom stereocenters. The summed E-state index contributed by atoms with van der Waals surface area (Å²) in [6.45, 7) is 17.5. The molecule has 3 fully saturated rings. The Kier molecular flexibility index (Phi) is 11.3. The van der Waals surface area contributed by atoms with Crippen molar-refractivity contribution in [3.63, 3.8) is 0 Å². The van der Waals surface area contributed by atoms with E-state index in [2.05, 4.69) is 47.8 Å². The maximum atomic E-state index is 14.8. The fourth-order valence-corrected chi connectivity index (χ4v) is 8.23. The molecule has 242 valence electrons. The Balaban J connectivity index is 1.74. The minimum atomic E-state index is -1.25. The minimum Gasteiger partial charge on any atom is -0.465 e. The third-order valence-corrected chi connectivity index (χ3v) is 10.3. The molecule has 9 nitrogen and oxygen atoms in total. The number of rotatable bonds is 16. The maximum Gasteiger partial charge on any atom is 0.312 e. The number of likely N-dealkylation sites (tertiary alicyclic amines) is 1. The van der Waals surface area contributed by atoms with Crippen molar-refractivity contribution in [2.75, 3.05) is 42.6 Å². The summed E-state index contributed by atoms with van der Waals surface area (Å²) in [6.07, 6.45) is 5.63. The van der Waals surface area contributed by atoms with Crippen molar-refractivity contribution in [3.8, 4) is 0 Å². The largest absolute Gasteiger partial charge is 0.465 e. The number of fused-ring (bicyclic) bond motifs is 1. The quantitative estimate of drug-likeness (QED) is 0.117. The van der Waals surface area contributed by atoms with Crippen LogP contribution in [0.1, 0.15) is 53.4 Å². The summed E-state index contributed by atoms with van der Waals surface area (Å²) in [4.78, 5) is 47.9. The number of benzene rings is 1. The number of hydrogen-bond donors (Lipinski definition) is 1. The zero-order chi connectivity index (χ0) is 32.2. The van der Waals surface area contributed by atoms with Gasteiger partial charge in [-0.3, -0.25) is 14.4 Å². The number of anilines is 2. The van der Waals surface area contributed by atoms with Gasteiger partial charge in [-0.1, -0.05) is 41.9 Å². The average molecular weight is 675 g/mol. The summed E-state index contributed by atoms with van der Waals surface area (Å²) in [5, 5.41) is 10.5. The van der Waals surface area contributed by atoms with Crippen molar-refractivity contribution in [2.24, 2.45) is 17.8 Å². The molecular weight excluding hydrogens is 626 g/mol. The molecule has 1 aromatic rings. The Bertz CT molecular complexity index is 1200. The van der Waals surface area contributed by atoms with Crippen LogP contribution in [0.3, 0.4) is 0 Å². The molecule has 1 N–H and O–H groups in total. The molecule has 44 heavy (non-hydrogen) atoms. The average Bonchev–Trinajstić information content (AvgIpc) is 3.60. The van der Waals surface area contributed by atoms with Crippen molar-refractivity contribution in [2.45, 2.75) is 82.0 Å². The number of halogens is 1. The number of alkyl halides is 1. The molecule has 3 aliphatic heterocycles. The third kappa shape index (κ3) is 6.09. The van der Waals surface area contributed by atoms with E-state index in [-0.39, 0.29) is 42.3 Å². The number of aliphatic hydroxyl groups is 1. The van der Waals surface area contributed by atoms with Crippen molar-refractivity contribution >= 4 is 45.1 Å². The van der Waals surface area contributed by atoms with Gasteiger partial charge in [0.05, 0.1) is 37.2 Å². The van der Waals surface area contributed by atoms with Crippen molar-refractivity contribution < 1.29 is 29.0 Å². The van der Waals surface area contributed by atoms with Gasteiger partial charge in [0.1, 0.15) is 11.6 Å². The van der Waals surface area contributed by atoms with E-state index in [1.54, 1.807) is 11.0 Å². The molecule has 2 bridgehead atoms. The molecule has 4 rings (SSSR count). The van der Waals surface area contributed by atoms with Gasteiger partial charge in [0.2, 0.25) is 5.91 Å². The lowest BCUT2D eigenvalue weighted by molar-refractivity contribution is -0.156. The zero-order valence-electron chi connectivity index (χ0n) is 26.5. The SMILES string of the molecule is C=CCCCCOC(=O)[C@H]1[C@@H]2OC3(CC2Br)C(C(=O)N(CC=C)c2ccc(N(CC)CC)cc2)N([C@@H](CO)C(C)C)C(=O)[C@H]13. The Morgan fingerprint density at radius 3 is 2.39 bits per heavy atom. The number of unbranched alkanes of at least 4 members (excludes halogenated alkanes) is 2. The van der Waals surface area contributed by atoms with Gasteiger partial charge in [-0.15, -0.1) is 13.2 Å². The van der Waals surface area contributed by atoms with E-state index in [1.165, 1.54) is 4.90 Å². The Hall–Kier alpha value is -2.69. The number of carbonyl (C=O) groups excluding carboxylic acids is 3. The second kappa shape index (κ2) is 14.6. The number of aliphatic hydroxyl groups excluding tert-OH is 1. The van der Waals surface area contributed by atoms with Crippen molar-refractivity contribution in [1.29, 1.82) is 0 Å². The van der Waals surface area contributed by atoms with E-state index in [1.807, 2.05) is 44.2 Å². The summed E-state index contributed by atoms with van der Waals surface area (Å²) in [5.74, 6) is -3.04. The number of esters is 1. The standard InChI is InChI=1S/C34H48BrN3O6/c1-7-11-12-13-19-43-33(42)27-28-31(40)38(26(21-39)22(5)6)30(34(28)20-25(35)29(27)44-34)32(41)37(18-8-2)24-16-14-23(15-17-24)36(9-3)10-4/h7-8,14-17,22,25-30,39H,1-2,9-13,18-21H2,3-6H3/t25?,26-,27+,28-,29+,30?,34?/m0/s1. The normalized spacial score (nSPS) is 27.8. The summed E-state index contributed by atoms with van der Waals surface area (Å²) in [5.41, 5.74) is 0.469. The van der Waals surface area contributed by atoms with Gasteiger partial charge in [0, 0.05) is 35.8 Å². The molecule has 3 saturated heterocycles. The van der Waals surface area contributed by atoms with Crippen LogP contribution in [-0.4, -0.2) is 89.3 Å². The molecule has 1 aromatic carbocycles. The number of hydrogen-bond acceptors (Lipinski definition) is 7. The highest BCUT2D eigenvalue weighted by Gasteiger charge is 2.77. The summed E-state index contributed by atoms with van der Waals surface area (Å²) >= 11 is 3.72. The summed E-state index contributed by atoms with van der Waals surface area (Å²) in [6, 6.07) is 6.11. The topological polar surface area (TPSA) is 99.6 Å². The van der Waals surface area contributed by atoms with Gasteiger partial charge in [-0.25, -0.2) is 0 Å². The number of allylic oxidation sites excluding steroid dienone is 1. The first-order valence-electron chi connectivity index (χ1n) is 15.9. The monoisotopic (exact) mass is 673 g/mol. The summed E-state index contributed by atoms with van der Waals surface area (Å²) < 4.78 is 12.3. The van der Waals surface area contributed by atoms with Crippen LogP contribution in [0.15, 0.2) is 49.6 Å². The molecule has 3 heterocycles. The smallest absolute Gasteiger partial charge is 0.312 e. The molecule has 10 heteroatoms. The fraction of sp³-hybridized carbons (Fsp3) is 0.618. The van der Waals surface area contributed by atoms with Crippen LogP contribution < -0.4 is 9.80 Å². The van der Waals surface area contributed by atoms with E-state index in [9.17, 15) is 19.5 Å². The van der Waals surface area contributed by atoms with Crippen LogP contribution in [0.5, 0.6) is 0 Å². The Labute approximate surface area is 270 Å². The Morgan fingerprint density at radius 1 is 1.16 bits per heavy atom. The van der Waals surface area contributed by atoms with E-state index in [0.29, 0.717) is 18.5 Å². The fourth-order valence-electron chi connectivity index (χ4n) is 7.28. The second-order valence-electron chi connectivity index (χ2n) is 12.3. The lowest BCUT2D eigenvalue weighted by Gasteiger charge is -2.40. The molecule has 2 amide bonds. The highest BCUT2D eigenvalue weighted by atomic mass is 79.9. The number of nitrogens with zero attached hydrogens (tertiary/aromatic N) is 3. The molecule has 0 aromatic heterocycles. The highest BCUT2D eigenvalue weighted by Crippen LogP contribution is 2.61. The first kappa shape index (κ1) is 34.2. The van der Waals surface area contributed by atoms with Gasteiger partial charge in [-0.2, -0.15) is 0 Å². The van der Waals surface area contributed by atoms with Crippen molar-refractivity contribution in [3.05, 3.63) is 49.6 Å². The second-order valence-corrected chi connectivity index (χ2v) is 13.5. The summed E-state index contributed by atoms with van der Waals surface area (Å²) in [7, 11) is 0. The lowest BCUT2D eigenvalue weighted by Crippen LogP contribution is -2.60. The lowest BCUT2D eigenvalue weighted by atomic mass is 9.70. The van der Waals surface area contributed by atoms with E-state index in [0.717, 1.165) is 31.6 Å². The highest BCUT2D eigenvalue weighted by molar-refractivity contribution is 9.09. The van der Waals surface area contributed by atoms with Gasteiger partial charge < -0.3 is 29.3 Å². The number of ether oxygens (including phenoxy) is 2.